The van der Waals surface area contributed by atoms with Crippen LogP contribution >= 0.6 is 0 Å². The maximum absolute atomic E-state index is 12.7. The van der Waals surface area contributed by atoms with Gasteiger partial charge in [-0.25, -0.2) is 15.0 Å². The number of anilines is 1. The molecule has 1 fully saturated rings. The number of piperidine rings is 1. The van der Waals surface area contributed by atoms with Gasteiger partial charge in [-0.2, -0.15) is 0 Å². The Balaban J connectivity index is 1.43. The van der Waals surface area contributed by atoms with Gasteiger partial charge in [0.25, 0.3) is 0 Å². The Morgan fingerprint density at radius 1 is 1.33 bits per heavy atom. The second-order valence-corrected chi connectivity index (χ2v) is 6.61. The van der Waals surface area contributed by atoms with Crippen molar-refractivity contribution < 1.29 is 9.53 Å². The summed E-state index contributed by atoms with van der Waals surface area (Å²) in [7, 11) is 1.64. The van der Waals surface area contributed by atoms with E-state index in [4.69, 9.17) is 4.74 Å². The number of aromatic nitrogens is 4. The number of carbonyl (C=O) groups is 1. The number of nitrogens with zero attached hydrogens (tertiary/aromatic N) is 4. The summed E-state index contributed by atoms with van der Waals surface area (Å²) in [6.07, 6.45) is 4.94. The summed E-state index contributed by atoms with van der Waals surface area (Å²) in [5.74, 6) is 1.56. The summed E-state index contributed by atoms with van der Waals surface area (Å²) in [6.45, 7) is 1.95. The highest BCUT2D eigenvalue weighted by Gasteiger charge is 2.27. The number of imidazole rings is 1. The van der Waals surface area contributed by atoms with E-state index in [9.17, 15) is 4.79 Å². The van der Waals surface area contributed by atoms with E-state index in [1.807, 2.05) is 24.3 Å². The predicted molar refractivity (Wildman–Crippen MR) is 101 cm³/mol. The normalized spacial score (nSPS) is 17.1. The topological polar surface area (TPSA) is 96.0 Å². The monoisotopic (exact) mass is 366 g/mol. The van der Waals surface area contributed by atoms with Crippen molar-refractivity contribution in [3.8, 4) is 5.75 Å². The van der Waals surface area contributed by atoms with Crippen LogP contribution in [0, 0.1) is 5.92 Å². The number of para-hydroxylation sites is 1. The molecule has 0 saturated carbocycles. The number of ether oxygens (including phenoxy) is 1. The maximum Gasteiger partial charge on any atom is 0.225 e. The fourth-order valence-electron chi connectivity index (χ4n) is 3.55. The molecule has 3 heterocycles. The lowest BCUT2D eigenvalue weighted by molar-refractivity contribution is -0.125. The molecule has 2 aromatic heterocycles. The highest BCUT2D eigenvalue weighted by Crippen LogP contribution is 2.26. The van der Waals surface area contributed by atoms with Gasteiger partial charge in [-0.3, -0.25) is 4.79 Å². The van der Waals surface area contributed by atoms with Crippen molar-refractivity contribution in [2.75, 3.05) is 25.1 Å². The fourth-order valence-corrected chi connectivity index (χ4v) is 3.55. The molecular weight excluding hydrogens is 344 g/mol. The van der Waals surface area contributed by atoms with Crippen molar-refractivity contribution >= 4 is 22.9 Å². The van der Waals surface area contributed by atoms with Crippen molar-refractivity contribution in [1.82, 2.24) is 25.3 Å². The molecule has 27 heavy (non-hydrogen) atoms. The molecule has 1 atom stereocenters. The van der Waals surface area contributed by atoms with Gasteiger partial charge in [0.15, 0.2) is 11.5 Å². The molecule has 0 unspecified atom stereocenters. The van der Waals surface area contributed by atoms with Crippen LogP contribution in [0.2, 0.25) is 0 Å². The van der Waals surface area contributed by atoms with E-state index in [2.05, 4.69) is 30.2 Å². The minimum Gasteiger partial charge on any atom is -0.496 e. The van der Waals surface area contributed by atoms with E-state index >= 15 is 0 Å². The van der Waals surface area contributed by atoms with Gasteiger partial charge >= 0.3 is 0 Å². The van der Waals surface area contributed by atoms with E-state index in [-0.39, 0.29) is 11.8 Å². The van der Waals surface area contributed by atoms with Gasteiger partial charge in [-0.15, -0.1) is 0 Å². The van der Waals surface area contributed by atoms with E-state index in [0.717, 1.165) is 42.0 Å². The zero-order valence-electron chi connectivity index (χ0n) is 15.2. The van der Waals surface area contributed by atoms with Crippen molar-refractivity contribution in [3.63, 3.8) is 0 Å². The molecule has 2 N–H and O–H groups in total. The average molecular weight is 366 g/mol. The van der Waals surface area contributed by atoms with E-state index in [0.29, 0.717) is 18.7 Å². The number of aromatic amines is 1. The highest BCUT2D eigenvalue weighted by atomic mass is 16.5. The molecule has 3 aromatic rings. The van der Waals surface area contributed by atoms with E-state index in [1.54, 1.807) is 13.4 Å². The first-order valence-electron chi connectivity index (χ1n) is 9.05. The molecule has 0 bridgehead atoms. The van der Waals surface area contributed by atoms with Crippen molar-refractivity contribution in [2.45, 2.75) is 19.4 Å². The van der Waals surface area contributed by atoms with E-state index in [1.165, 1.54) is 6.33 Å². The van der Waals surface area contributed by atoms with Gasteiger partial charge in [0.2, 0.25) is 5.91 Å². The SMILES string of the molecule is COc1ccccc1CNC(=O)[C@H]1CCCN(c2ncnc3nc[nH]c23)C1. The van der Waals surface area contributed by atoms with Gasteiger partial charge in [-0.1, -0.05) is 18.2 Å². The summed E-state index contributed by atoms with van der Waals surface area (Å²) in [6, 6.07) is 7.72. The van der Waals surface area contributed by atoms with E-state index < -0.39 is 0 Å². The van der Waals surface area contributed by atoms with Crippen LogP contribution in [0.1, 0.15) is 18.4 Å². The number of benzene rings is 1. The van der Waals surface area contributed by atoms with Crippen LogP contribution in [0.5, 0.6) is 5.75 Å². The molecule has 8 nitrogen and oxygen atoms in total. The number of amides is 1. The molecule has 140 valence electrons. The second-order valence-electron chi connectivity index (χ2n) is 6.61. The first-order valence-corrected chi connectivity index (χ1v) is 9.05. The Labute approximate surface area is 157 Å². The summed E-state index contributed by atoms with van der Waals surface area (Å²) >= 11 is 0. The standard InChI is InChI=1S/C19H22N6O2/c1-27-15-7-3-2-5-13(15)9-20-19(26)14-6-4-8-25(10-14)18-16-17(22-11-21-16)23-12-24-18/h2-3,5,7,11-12,14H,4,6,8-10H2,1H3,(H,20,26)(H,21,22,23,24)/t14-/m0/s1. The van der Waals surface area contributed by atoms with Crippen molar-refractivity contribution in [2.24, 2.45) is 5.92 Å². The van der Waals surface area contributed by atoms with Crippen LogP contribution < -0.4 is 15.0 Å². The largest absolute Gasteiger partial charge is 0.496 e. The molecule has 0 aliphatic carbocycles. The highest BCUT2D eigenvalue weighted by molar-refractivity contribution is 5.84. The Kier molecular flexibility index (Phi) is 4.86. The summed E-state index contributed by atoms with van der Waals surface area (Å²) in [5.41, 5.74) is 2.42. The number of hydrogen-bond acceptors (Lipinski definition) is 6. The second kappa shape index (κ2) is 7.61. The first kappa shape index (κ1) is 17.3. The number of carbonyl (C=O) groups excluding carboxylic acids is 1. The van der Waals surface area contributed by atoms with Crippen LogP contribution in [0.25, 0.3) is 11.2 Å². The van der Waals surface area contributed by atoms with Crippen LogP contribution in [0.4, 0.5) is 5.82 Å². The quantitative estimate of drug-likeness (QED) is 0.716. The molecule has 8 heteroatoms. The lowest BCUT2D eigenvalue weighted by atomic mass is 9.97. The molecule has 0 radical (unpaired) electrons. The number of hydrogen-bond donors (Lipinski definition) is 2. The molecule has 1 saturated heterocycles. The minimum absolute atomic E-state index is 0.0560. The maximum atomic E-state index is 12.7. The molecule has 0 spiro atoms. The zero-order valence-corrected chi connectivity index (χ0v) is 15.2. The van der Waals surface area contributed by atoms with Gasteiger partial charge < -0.3 is 19.9 Å². The van der Waals surface area contributed by atoms with Crippen molar-refractivity contribution in [1.29, 1.82) is 0 Å². The Morgan fingerprint density at radius 2 is 2.22 bits per heavy atom. The van der Waals surface area contributed by atoms with Crippen LogP contribution in [-0.4, -0.2) is 46.0 Å². The molecule has 1 aromatic carbocycles. The smallest absolute Gasteiger partial charge is 0.225 e. The number of H-pyrrole nitrogens is 1. The average Bonchev–Trinajstić information content (AvgIpc) is 3.21. The molecule has 4 rings (SSSR count). The Morgan fingerprint density at radius 3 is 3.11 bits per heavy atom. The van der Waals surface area contributed by atoms with Gasteiger partial charge in [0, 0.05) is 25.2 Å². The van der Waals surface area contributed by atoms with Crippen LogP contribution in [-0.2, 0) is 11.3 Å². The minimum atomic E-state index is -0.0820. The third-order valence-corrected chi connectivity index (χ3v) is 4.94. The fraction of sp³-hybridized carbons (Fsp3) is 0.368. The third kappa shape index (κ3) is 3.55. The molecule has 1 amide bonds. The predicted octanol–water partition coefficient (Wildman–Crippen LogP) is 1.89. The van der Waals surface area contributed by atoms with Gasteiger partial charge in [0.1, 0.15) is 17.6 Å². The zero-order chi connectivity index (χ0) is 18.6. The first-order chi connectivity index (χ1) is 13.3. The summed E-state index contributed by atoms with van der Waals surface area (Å²) in [4.78, 5) is 30.7. The third-order valence-electron chi connectivity index (χ3n) is 4.94. The molecule has 1 aliphatic heterocycles. The van der Waals surface area contributed by atoms with Crippen LogP contribution in [0.3, 0.4) is 0 Å². The number of methoxy groups -OCH3 is 1. The molecule has 1 aliphatic rings. The summed E-state index contributed by atoms with van der Waals surface area (Å²) < 4.78 is 5.35. The Hall–Kier alpha value is -3.16. The lowest BCUT2D eigenvalue weighted by Crippen LogP contribution is -2.43. The van der Waals surface area contributed by atoms with Crippen molar-refractivity contribution in [3.05, 3.63) is 42.5 Å². The number of fused-ring (bicyclic) bond motifs is 1. The number of nitrogens with one attached hydrogen (secondary N) is 2. The van der Waals surface area contributed by atoms with Gasteiger partial charge in [0.05, 0.1) is 19.4 Å². The molecular formula is C19H22N6O2. The van der Waals surface area contributed by atoms with Gasteiger partial charge in [-0.05, 0) is 18.9 Å². The lowest BCUT2D eigenvalue weighted by Gasteiger charge is -2.32. The number of rotatable bonds is 5. The Bertz CT molecular complexity index is 941. The van der Waals surface area contributed by atoms with Crippen LogP contribution in [0.15, 0.2) is 36.9 Å². The summed E-state index contributed by atoms with van der Waals surface area (Å²) in [5, 5.41) is 3.05.